The molecule has 1 saturated heterocycles. The first-order valence-corrected chi connectivity index (χ1v) is 7.85. The van der Waals surface area contributed by atoms with Gasteiger partial charge in [0.2, 0.25) is 11.7 Å². The first-order valence-electron chi connectivity index (χ1n) is 7.85. The molecule has 0 bridgehead atoms. The molecule has 1 aromatic rings. The van der Waals surface area contributed by atoms with E-state index in [1.807, 2.05) is 24.3 Å². The molecule has 0 saturated carbocycles. The van der Waals surface area contributed by atoms with Gasteiger partial charge in [-0.25, -0.2) is 4.99 Å². The largest absolute Gasteiger partial charge is 0.372 e. The molecule has 1 fully saturated rings. The Morgan fingerprint density at radius 2 is 1.83 bits per heavy atom. The minimum absolute atomic E-state index is 0.0226. The van der Waals surface area contributed by atoms with Crippen molar-refractivity contribution in [2.75, 3.05) is 24.5 Å². The van der Waals surface area contributed by atoms with E-state index < -0.39 is 17.7 Å². The van der Waals surface area contributed by atoms with Crippen LogP contribution in [0, 0.1) is 0 Å². The van der Waals surface area contributed by atoms with Crippen LogP contribution in [-0.2, 0) is 14.4 Å². The number of amides is 3. The van der Waals surface area contributed by atoms with Crippen LogP contribution in [0.1, 0.15) is 19.4 Å². The van der Waals surface area contributed by atoms with Crippen molar-refractivity contribution in [1.29, 1.82) is 0 Å². The first-order chi connectivity index (χ1) is 11.5. The van der Waals surface area contributed by atoms with E-state index in [4.69, 9.17) is 0 Å². The molecule has 3 amide bonds. The molecule has 0 unspecified atom stereocenters. The van der Waals surface area contributed by atoms with E-state index in [9.17, 15) is 14.4 Å². The van der Waals surface area contributed by atoms with Crippen LogP contribution in [0.5, 0.6) is 0 Å². The summed E-state index contributed by atoms with van der Waals surface area (Å²) in [4.78, 5) is 42.8. The fourth-order valence-corrected chi connectivity index (χ4v) is 2.76. The second-order valence-electron chi connectivity index (χ2n) is 5.50. The van der Waals surface area contributed by atoms with Crippen LogP contribution in [0.3, 0.4) is 0 Å². The molecule has 0 aromatic heterocycles. The highest BCUT2D eigenvalue weighted by molar-refractivity contribution is 6.47. The Hall–Kier alpha value is -2.96. The summed E-state index contributed by atoms with van der Waals surface area (Å²) in [6, 6.07) is 7.76. The van der Waals surface area contributed by atoms with Crippen molar-refractivity contribution in [2.24, 2.45) is 4.99 Å². The molecule has 24 heavy (non-hydrogen) atoms. The lowest BCUT2D eigenvalue weighted by Crippen LogP contribution is -2.55. The number of nitrogens with zero attached hydrogens (tertiary/aromatic N) is 3. The van der Waals surface area contributed by atoms with Crippen LogP contribution in [0.4, 0.5) is 5.69 Å². The highest BCUT2D eigenvalue weighted by Gasteiger charge is 2.39. The minimum atomic E-state index is -0.639. The van der Waals surface area contributed by atoms with Crippen LogP contribution in [0.15, 0.2) is 35.0 Å². The summed E-state index contributed by atoms with van der Waals surface area (Å²) >= 11 is 0. The predicted molar refractivity (Wildman–Crippen MR) is 90.3 cm³/mol. The van der Waals surface area contributed by atoms with E-state index in [-0.39, 0.29) is 18.1 Å². The van der Waals surface area contributed by atoms with Gasteiger partial charge in [-0.05, 0) is 37.6 Å². The molecule has 3 rings (SSSR count). The fraction of sp³-hybridized carbons (Fsp3) is 0.294. The van der Waals surface area contributed by atoms with Gasteiger partial charge in [-0.1, -0.05) is 12.1 Å². The van der Waals surface area contributed by atoms with Gasteiger partial charge in [0.15, 0.2) is 0 Å². The van der Waals surface area contributed by atoms with Crippen LogP contribution in [0.25, 0.3) is 6.08 Å². The van der Waals surface area contributed by atoms with Gasteiger partial charge in [0.1, 0.15) is 12.2 Å². The van der Waals surface area contributed by atoms with Crippen molar-refractivity contribution in [1.82, 2.24) is 10.2 Å². The molecule has 0 radical (unpaired) electrons. The molecular formula is C17H18N4O3. The lowest BCUT2D eigenvalue weighted by molar-refractivity contribution is -0.135. The van der Waals surface area contributed by atoms with Crippen molar-refractivity contribution < 1.29 is 14.4 Å². The molecule has 0 aliphatic carbocycles. The van der Waals surface area contributed by atoms with Gasteiger partial charge in [0.05, 0.1) is 0 Å². The summed E-state index contributed by atoms with van der Waals surface area (Å²) in [6.45, 7) is 5.84. The fourth-order valence-electron chi connectivity index (χ4n) is 2.76. The zero-order valence-electron chi connectivity index (χ0n) is 13.6. The van der Waals surface area contributed by atoms with Gasteiger partial charge < -0.3 is 4.90 Å². The van der Waals surface area contributed by atoms with Crippen LogP contribution < -0.4 is 10.2 Å². The summed E-state index contributed by atoms with van der Waals surface area (Å²) in [6.07, 6.45) is 1.62. The topological polar surface area (TPSA) is 82.1 Å². The average molecular weight is 326 g/mol. The number of aliphatic imine (C=N–C) groups is 1. The maximum atomic E-state index is 12.3. The van der Waals surface area contributed by atoms with Gasteiger partial charge in [0.25, 0.3) is 11.8 Å². The number of piperazine rings is 1. The number of benzene rings is 1. The normalized spacial score (nSPS) is 18.6. The lowest BCUT2D eigenvalue weighted by Gasteiger charge is -2.21. The Balaban J connectivity index is 1.85. The standard InChI is InChI=1S/C17H18N4O3/c1-3-20(4-2)12-7-5-11(6-8-12)9-13-17(24)21-10-14(22)19-16(23)15(21)18-13/h5-9H,3-4,10H2,1-2H3,(H,19,22,23)/b13-9-. The smallest absolute Gasteiger partial charge is 0.294 e. The van der Waals surface area contributed by atoms with Crippen LogP contribution in [0.2, 0.25) is 0 Å². The van der Waals surface area contributed by atoms with E-state index in [2.05, 4.69) is 29.1 Å². The Labute approximate surface area is 139 Å². The van der Waals surface area contributed by atoms with E-state index in [0.717, 1.165) is 29.2 Å². The van der Waals surface area contributed by atoms with Crippen molar-refractivity contribution in [3.8, 4) is 0 Å². The van der Waals surface area contributed by atoms with Crippen molar-refractivity contribution in [3.63, 3.8) is 0 Å². The third-order valence-electron chi connectivity index (χ3n) is 4.03. The number of nitrogens with one attached hydrogen (secondary N) is 1. The number of anilines is 1. The second-order valence-corrected chi connectivity index (χ2v) is 5.50. The van der Waals surface area contributed by atoms with Crippen LogP contribution in [-0.4, -0.2) is 48.1 Å². The summed E-state index contributed by atoms with van der Waals surface area (Å²) < 4.78 is 0. The summed E-state index contributed by atoms with van der Waals surface area (Å²) in [7, 11) is 0. The first kappa shape index (κ1) is 15.9. The number of imide groups is 1. The number of hydrogen-bond donors (Lipinski definition) is 1. The predicted octanol–water partition coefficient (Wildman–Crippen LogP) is 0.771. The molecule has 2 heterocycles. The Bertz CT molecular complexity index is 761. The quantitative estimate of drug-likeness (QED) is 0.654. The number of fused-ring (bicyclic) bond motifs is 1. The molecule has 2 aliphatic rings. The SMILES string of the molecule is CCN(CC)c1ccc(/C=C2\N=C3C(=O)NC(=O)CN3C2=O)cc1. The molecule has 7 nitrogen and oxygen atoms in total. The second kappa shape index (κ2) is 6.27. The van der Waals surface area contributed by atoms with Crippen LogP contribution >= 0.6 is 0 Å². The highest BCUT2D eigenvalue weighted by atomic mass is 16.2. The Kier molecular flexibility index (Phi) is 4.16. The third kappa shape index (κ3) is 2.80. The van der Waals surface area contributed by atoms with E-state index >= 15 is 0 Å². The molecule has 124 valence electrons. The Morgan fingerprint density at radius 1 is 1.17 bits per heavy atom. The zero-order chi connectivity index (χ0) is 17.3. The maximum Gasteiger partial charge on any atom is 0.294 e. The molecular weight excluding hydrogens is 308 g/mol. The number of carbonyl (C=O) groups is 3. The maximum absolute atomic E-state index is 12.3. The molecule has 1 aromatic carbocycles. The van der Waals surface area contributed by atoms with Gasteiger partial charge in [-0.15, -0.1) is 0 Å². The number of rotatable bonds is 4. The molecule has 7 heteroatoms. The minimum Gasteiger partial charge on any atom is -0.372 e. The molecule has 0 atom stereocenters. The molecule has 2 aliphatic heterocycles. The van der Waals surface area contributed by atoms with Crippen molar-refractivity contribution in [2.45, 2.75) is 13.8 Å². The number of hydrogen-bond acceptors (Lipinski definition) is 5. The number of carbonyl (C=O) groups excluding carboxylic acids is 3. The van der Waals surface area contributed by atoms with Gasteiger partial charge in [0, 0.05) is 18.8 Å². The zero-order valence-corrected chi connectivity index (χ0v) is 13.6. The van der Waals surface area contributed by atoms with E-state index in [0.29, 0.717) is 0 Å². The summed E-state index contributed by atoms with van der Waals surface area (Å²) in [5, 5.41) is 2.15. The van der Waals surface area contributed by atoms with Crippen molar-refractivity contribution >= 4 is 35.3 Å². The molecule has 0 spiro atoms. The van der Waals surface area contributed by atoms with E-state index in [1.54, 1.807) is 6.08 Å². The van der Waals surface area contributed by atoms with Gasteiger partial charge >= 0.3 is 0 Å². The van der Waals surface area contributed by atoms with Gasteiger partial charge in [-0.3, -0.25) is 24.6 Å². The molecule has 1 N–H and O–H groups in total. The highest BCUT2D eigenvalue weighted by Crippen LogP contribution is 2.21. The lowest BCUT2D eigenvalue weighted by atomic mass is 10.1. The van der Waals surface area contributed by atoms with E-state index in [1.165, 1.54) is 0 Å². The Morgan fingerprint density at radius 3 is 2.46 bits per heavy atom. The summed E-state index contributed by atoms with van der Waals surface area (Å²) in [5.41, 5.74) is 2.07. The average Bonchev–Trinajstić information content (AvgIpc) is 2.87. The number of amidine groups is 1. The van der Waals surface area contributed by atoms with Gasteiger partial charge in [-0.2, -0.15) is 0 Å². The third-order valence-corrected chi connectivity index (χ3v) is 4.03. The monoisotopic (exact) mass is 326 g/mol. The summed E-state index contributed by atoms with van der Waals surface area (Å²) in [5.74, 6) is -1.59. The van der Waals surface area contributed by atoms with Crippen molar-refractivity contribution in [3.05, 3.63) is 35.5 Å².